The number of nitrogens with one attached hydrogen (secondary N) is 3. The summed E-state index contributed by atoms with van der Waals surface area (Å²) < 4.78 is 0. The van der Waals surface area contributed by atoms with Gasteiger partial charge in [0.15, 0.2) is 0 Å². The zero-order chi connectivity index (χ0) is 11.4. The lowest BCUT2D eigenvalue weighted by molar-refractivity contribution is -0.118. The molecule has 0 aliphatic heterocycles. The molecule has 0 unspecified atom stereocenters. The van der Waals surface area contributed by atoms with Crippen LogP contribution in [0.25, 0.3) is 0 Å². The smallest absolute Gasteiger partial charge is 0.239 e. The van der Waals surface area contributed by atoms with E-state index in [1.54, 1.807) is 0 Å². The summed E-state index contributed by atoms with van der Waals surface area (Å²) in [5, 5.41) is 6.43. The van der Waals surface area contributed by atoms with E-state index < -0.39 is 5.91 Å². The van der Waals surface area contributed by atoms with Crippen LogP contribution in [0.3, 0.4) is 0 Å². The molecule has 0 saturated carbocycles. The highest BCUT2D eigenvalue weighted by Crippen LogP contribution is 1.85. The number of hydrogen-bond donors (Lipinski definition) is 3. The number of carbonyl (C=O) groups excluding carboxylic acids is 1. The Bertz CT molecular complexity index is 164. The summed E-state index contributed by atoms with van der Waals surface area (Å²) in [6.45, 7) is 4.32. The number of unbranched alkanes of at least 4 members (excludes halogenated alkanes) is 1. The van der Waals surface area contributed by atoms with Crippen LogP contribution in [0.5, 0.6) is 0 Å². The largest absolute Gasteiger partial charge is 0.330 e. The topological polar surface area (TPSA) is 91.0 Å². The quantitative estimate of drug-likeness (QED) is 0.489. The Labute approximate surface area is 128 Å². The maximum Gasteiger partial charge on any atom is 0.239 e. The summed E-state index contributed by atoms with van der Waals surface area (Å²) in [5.41, 5.74) is 12.0. The first-order valence-electron chi connectivity index (χ1n) is 5.63. The molecule has 5 N–H and O–H groups in total. The van der Waals surface area contributed by atoms with Gasteiger partial charge in [-0.1, -0.05) is 0 Å². The fourth-order valence-electron chi connectivity index (χ4n) is 1.18. The van der Waals surface area contributed by atoms with Crippen LogP contribution in [0.4, 0.5) is 0 Å². The highest BCUT2D eigenvalue weighted by Gasteiger charge is 1.94. The molecule has 0 aromatic heterocycles. The van der Waals surface area contributed by atoms with Crippen LogP contribution in [0.1, 0.15) is 25.7 Å². The summed E-state index contributed by atoms with van der Waals surface area (Å²) in [5.74, 6) is -0.494. The predicted octanol–water partition coefficient (Wildman–Crippen LogP) is 0.760. The molecule has 0 aliphatic carbocycles. The second kappa shape index (κ2) is 22.4. The lowest BCUT2D eigenvalue weighted by atomic mass is 10.3. The standard InChI is InChI=1S/C10H23N4O.3ClH/c11-5-3-8-13-6-1-2-7-14-9-4-10(12)15;;;/h12-14H,1-9,11H2;3*1H. The van der Waals surface area contributed by atoms with Crippen molar-refractivity contribution in [2.24, 2.45) is 5.73 Å². The third-order valence-corrected chi connectivity index (χ3v) is 2.04. The van der Waals surface area contributed by atoms with Crippen LogP contribution < -0.4 is 22.1 Å². The van der Waals surface area contributed by atoms with Crippen LogP contribution in [-0.4, -0.2) is 38.6 Å². The lowest BCUT2D eigenvalue weighted by Gasteiger charge is -2.04. The van der Waals surface area contributed by atoms with Gasteiger partial charge in [0.2, 0.25) is 5.91 Å². The maximum absolute atomic E-state index is 10.3. The van der Waals surface area contributed by atoms with Crippen LogP contribution in [0.15, 0.2) is 0 Å². The second-order valence-corrected chi connectivity index (χ2v) is 3.52. The lowest BCUT2D eigenvalue weighted by Crippen LogP contribution is -2.22. The molecule has 0 aliphatic rings. The molecule has 0 saturated heterocycles. The van der Waals surface area contributed by atoms with Gasteiger partial charge in [-0.3, -0.25) is 10.5 Å². The third kappa shape index (κ3) is 25.2. The number of hydrogen-bond acceptors (Lipinski definition) is 4. The molecule has 5 nitrogen and oxygen atoms in total. The van der Waals surface area contributed by atoms with Crippen molar-refractivity contribution in [1.82, 2.24) is 16.4 Å². The van der Waals surface area contributed by atoms with Gasteiger partial charge in [-0.15, -0.1) is 37.2 Å². The van der Waals surface area contributed by atoms with Crippen LogP contribution >= 0.6 is 37.2 Å². The minimum Gasteiger partial charge on any atom is -0.330 e. The number of halogens is 3. The Morgan fingerprint density at radius 2 is 1.33 bits per heavy atom. The molecule has 0 rings (SSSR count). The van der Waals surface area contributed by atoms with Crippen molar-refractivity contribution >= 4 is 43.1 Å². The minimum atomic E-state index is -0.494. The van der Waals surface area contributed by atoms with Crippen LogP contribution in [0.2, 0.25) is 0 Å². The van der Waals surface area contributed by atoms with E-state index in [-0.39, 0.29) is 37.2 Å². The molecule has 0 atom stereocenters. The molecule has 1 amide bonds. The molecule has 1 radical (unpaired) electrons. The average molecular weight is 325 g/mol. The summed E-state index contributed by atoms with van der Waals surface area (Å²) in [4.78, 5) is 10.3. The molecule has 0 fully saturated rings. The van der Waals surface area contributed by atoms with E-state index in [1.165, 1.54) is 0 Å². The van der Waals surface area contributed by atoms with Crippen LogP contribution in [0, 0.1) is 0 Å². The first-order chi connectivity index (χ1) is 7.27. The highest BCUT2D eigenvalue weighted by atomic mass is 35.5. The maximum atomic E-state index is 10.3. The number of amides is 1. The molecular formula is C10H26Cl3N4O. The van der Waals surface area contributed by atoms with Crippen molar-refractivity contribution in [2.45, 2.75) is 25.7 Å². The van der Waals surface area contributed by atoms with E-state index in [1.807, 2.05) is 0 Å². The van der Waals surface area contributed by atoms with Crippen molar-refractivity contribution in [1.29, 1.82) is 0 Å². The Balaban J connectivity index is -0.000000327. The van der Waals surface area contributed by atoms with Crippen molar-refractivity contribution < 1.29 is 4.79 Å². The summed E-state index contributed by atoms with van der Waals surface area (Å²) in [7, 11) is 0. The van der Waals surface area contributed by atoms with Gasteiger partial charge in [0.1, 0.15) is 0 Å². The SMILES string of the molecule is Cl.Cl.Cl.[NH]C(=O)CCNCCCCNCCCN. The number of rotatable bonds is 11. The van der Waals surface area contributed by atoms with Gasteiger partial charge in [0, 0.05) is 13.0 Å². The third-order valence-electron chi connectivity index (χ3n) is 2.04. The van der Waals surface area contributed by atoms with Gasteiger partial charge >= 0.3 is 0 Å². The van der Waals surface area contributed by atoms with Gasteiger partial charge in [-0.2, -0.15) is 0 Å². The molecule has 0 aromatic rings. The Kier molecular flexibility index (Phi) is 33.3. The van der Waals surface area contributed by atoms with Crippen molar-refractivity contribution in [3.8, 4) is 0 Å². The van der Waals surface area contributed by atoms with E-state index in [0.717, 1.165) is 45.4 Å². The van der Waals surface area contributed by atoms with Crippen molar-refractivity contribution in [3.05, 3.63) is 0 Å². The minimum absolute atomic E-state index is 0. The molecule has 0 bridgehead atoms. The van der Waals surface area contributed by atoms with E-state index in [2.05, 4.69) is 10.6 Å². The van der Waals surface area contributed by atoms with Gasteiger partial charge in [-0.25, -0.2) is 0 Å². The Morgan fingerprint density at radius 1 is 0.889 bits per heavy atom. The zero-order valence-electron chi connectivity index (χ0n) is 10.6. The second-order valence-electron chi connectivity index (χ2n) is 3.52. The van der Waals surface area contributed by atoms with Crippen molar-refractivity contribution in [3.63, 3.8) is 0 Å². The van der Waals surface area contributed by atoms with E-state index in [0.29, 0.717) is 13.0 Å². The molecule has 0 heterocycles. The zero-order valence-corrected chi connectivity index (χ0v) is 13.0. The number of nitrogens with two attached hydrogens (primary N) is 1. The fourth-order valence-corrected chi connectivity index (χ4v) is 1.18. The predicted molar refractivity (Wildman–Crippen MR) is 83.1 cm³/mol. The van der Waals surface area contributed by atoms with Gasteiger partial charge in [0.25, 0.3) is 0 Å². The summed E-state index contributed by atoms with van der Waals surface area (Å²) in [6, 6.07) is 0. The Morgan fingerprint density at radius 3 is 1.78 bits per heavy atom. The molecular weight excluding hydrogens is 298 g/mol. The first-order valence-corrected chi connectivity index (χ1v) is 5.63. The highest BCUT2D eigenvalue weighted by molar-refractivity contribution is 5.86. The van der Waals surface area contributed by atoms with Crippen molar-refractivity contribution in [2.75, 3.05) is 32.7 Å². The monoisotopic (exact) mass is 323 g/mol. The first kappa shape index (κ1) is 26.7. The number of carbonyl (C=O) groups is 1. The van der Waals surface area contributed by atoms with Gasteiger partial charge in [0.05, 0.1) is 0 Å². The average Bonchev–Trinajstić information content (AvgIpc) is 2.20. The molecule has 0 spiro atoms. The fraction of sp³-hybridized carbons (Fsp3) is 0.900. The summed E-state index contributed by atoms with van der Waals surface area (Å²) in [6.07, 6.45) is 3.58. The van der Waals surface area contributed by atoms with Gasteiger partial charge in [-0.05, 0) is 45.4 Å². The van der Waals surface area contributed by atoms with Gasteiger partial charge < -0.3 is 16.4 Å². The van der Waals surface area contributed by atoms with E-state index >= 15 is 0 Å². The normalized spacial score (nSPS) is 8.72. The van der Waals surface area contributed by atoms with E-state index in [9.17, 15) is 4.79 Å². The molecule has 8 heteroatoms. The molecule has 18 heavy (non-hydrogen) atoms. The Hall–Kier alpha value is 0.220. The summed E-state index contributed by atoms with van der Waals surface area (Å²) >= 11 is 0. The molecule has 0 aromatic carbocycles. The molecule has 113 valence electrons. The van der Waals surface area contributed by atoms with Crippen LogP contribution in [-0.2, 0) is 4.79 Å². The van der Waals surface area contributed by atoms with E-state index in [4.69, 9.17) is 11.5 Å².